The van der Waals surface area contributed by atoms with Gasteiger partial charge in [0.05, 0.1) is 0 Å². The molecule has 1 amide bonds. The van der Waals surface area contributed by atoms with E-state index in [0.717, 1.165) is 24.9 Å². The first-order chi connectivity index (χ1) is 13.0. The van der Waals surface area contributed by atoms with E-state index < -0.39 is 0 Å². The maximum Gasteiger partial charge on any atom is 0.275 e. The van der Waals surface area contributed by atoms with Crippen LogP contribution < -0.4 is 15.8 Å². The minimum atomic E-state index is -0.315. The third-order valence-electron chi connectivity index (χ3n) is 4.57. The van der Waals surface area contributed by atoms with Crippen molar-refractivity contribution in [2.24, 2.45) is 0 Å². The summed E-state index contributed by atoms with van der Waals surface area (Å²) in [5, 5.41) is 8.62. The molecule has 7 nitrogen and oxygen atoms in total. The number of nitrogens with zero attached hydrogens (tertiary/aromatic N) is 4. The van der Waals surface area contributed by atoms with Crippen molar-refractivity contribution in [2.75, 3.05) is 11.4 Å². The molecule has 1 atom stereocenters. The molecule has 0 saturated carbocycles. The Hall–Kier alpha value is -2.45. The molecule has 1 saturated heterocycles. The quantitative estimate of drug-likeness (QED) is 0.723. The molecular formula is C18H18ClN5O2S. The fraction of sp³-hybridized carbons (Fsp3) is 0.333. The van der Waals surface area contributed by atoms with Gasteiger partial charge in [-0.05, 0) is 31.4 Å². The second kappa shape index (κ2) is 7.28. The number of rotatable bonds is 4. The van der Waals surface area contributed by atoms with E-state index in [4.69, 9.17) is 11.6 Å². The molecule has 0 radical (unpaired) electrons. The Bertz CT molecular complexity index is 1060. The molecule has 3 aromatic rings. The summed E-state index contributed by atoms with van der Waals surface area (Å²) < 4.78 is 1.30. The number of hydrogen-bond acceptors (Lipinski definition) is 6. The van der Waals surface area contributed by atoms with Gasteiger partial charge in [-0.2, -0.15) is 4.52 Å². The highest BCUT2D eigenvalue weighted by molar-refractivity contribution is 7.20. The van der Waals surface area contributed by atoms with Gasteiger partial charge in [0.15, 0.2) is 0 Å². The van der Waals surface area contributed by atoms with E-state index in [0.29, 0.717) is 27.4 Å². The Morgan fingerprint density at radius 3 is 3.04 bits per heavy atom. The molecule has 27 heavy (non-hydrogen) atoms. The van der Waals surface area contributed by atoms with Crippen molar-refractivity contribution in [2.45, 2.75) is 32.4 Å². The lowest BCUT2D eigenvalue weighted by Gasteiger charge is -2.22. The number of halogens is 1. The Morgan fingerprint density at radius 1 is 1.41 bits per heavy atom. The highest BCUT2D eigenvalue weighted by Gasteiger charge is 2.33. The minimum absolute atomic E-state index is 0.0665. The molecule has 1 aliphatic heterocycles. The molecule has 0 bridgehead atoms. The van der Waals surface area contributed by atoms with E-state index in [1.807, 2.05) is 23.1 Å². The smallest absolute Gasteiger partial charge is 0.275 e. The summed E-state index contributed by atoms with van der Waals surface area (Å²) in [5.74, 6) is -0.0665. The normalized spacial score (nSPS) is 16.8. The minimum Gasteiger partial charge on any atom is -0.350 e. The van der Waals surface area contributed by atoms with Crippen LogP contribution in [0.15, 0.2) is 35.1 Å². The van der Waals surface area contributed by atoms with Crippen LogP contribution in [0.1, 0.15) is 24.1 Å². The predicted molar refractivity (Wildman–Crippen MR) is 106 cm³/mol. The number of anilines is 1. The Balaban J connectivity index is 1.53. The second-order valence-corrected chi connectivity index (χ2v) is 7.82. The lowest BCUT2D eigenvalue weighted by atomic mass is 10.2. The molecule has 1 fully saturated rings. The first kappa shape index (κ1) is 17.9. The zero-order chi connectivity index (χ0) is 19.0. The SMILES string of the molecule is Cc1cc(=O)n2nc(N3CCCC3C(=O)NCc3ccccc3Cl)sc2n1. The maximum absolute atomic E-state index is 12.7. The van der Waals surface area contributed by atoms with Crippen LogP contribution in [0.4, 0.5) is 5.13 Å². The number of fused-ring (bicyclic) bond motifs is 1. The van der Waals surface area contributed by atoms with Gasteiger partial charge >= 0.3 is 0 Å². The van der Waals surface area contributed by atoms with Crippen LogP contribution >= 0.6 is 22.9 Å². The van der Waals surface area contributed by atoms with Crippen molar-refractivity contribution in [3.8, 4) is 0 Å². The molecule has 2 aromatic heterocycles. The zero-order valence-electron chi connectivity index (χ0n) is 14.7. The van der Waals surface area contributed by atoms with Gasteiger partial charge in [-0.15, -0.1) is 5.10 Å². The van der Waals surface area contributed by atoms with Crippen molar-refractivity contribution in [3.63, 3.8) is 0 Å². The van der Waals surface area contributed by atoms with Crippen LogP contribution in [0.2, 0.25) is 5.02 Å². The van der Waals surface area contributed by atoms with Crippen LogP contribution in [0.25, 0.3) is 4.96 Å². The lowest BCUT2D eigenvalue weighted by Crippen LogP contribution is -2.43. The van der Waals surface area contributed by atoms with Gasteiger partial charge in [0.1, 0.15) is 6.04 Å². The van der Waals surface area contributed by atoms with Gasteiger partial charge in [-0.1, -0.05) is 41.1 Å². The summed E-state index contributed by atoms with van der Waals surface area (Å²) in [6.45, 7) is 2.88. The van der Waals surface area contributed by atoms with Gasteiger partial charge in [-0.3, -0.25) is 9.59 Å². The molecule has 4 rings (SSSR count). The number of aromatic nitrogens is 3. The Morgan fingerprint density at radius 2 is 2.22 bits per heavy atom. The number of nitrogens with one attached hydrogen (secondary N) is 1. The summed E-state index contributed by atoms with van der Waals surface area (Å²) >= 11 is 7.48. The molecular weight excluding hydrogens is 386 g/mol. The first-order valence-corrected chi connectivity index (χ1v) is 9.87. The fourth-order valence-corrected chi connectivity index (χ4v) is 4.47. The molecule has 3 heterocycles. The summed E-state index contributed by atoms with van der Waals surface area (Å²) in [7, 11) is 0. The van der Waals surface area contributed by atoms with Crippen molar-refractivity contribution in [1.82, 2.24) is 19.9 Å². The molecule has 1 N–H and O–H groups in total. The Kier molecular flexibility index (Phi) is 4.84. The number of carbonyl (C=O) groups excluding carboxylic acids is 1. The van der Waals surface area contributed by atoms with Gasteiger partial charge in [0, 0.05) is 29.9 Å². The fourth-order valence-electron chi connectivity index (χ4n) is 3.24. The van der Waals surface area contributed by atoms with Crippen molar-refractivity contribution in [1.29, 1.82) is 0 Å². The highest BCUT2D eigenvalue weighted by atomic mass is 35.5. The van der Waals surface area contributed by atoms with E-state index in [1.165, 1.54) is 21.9 Å². The van der Waals surface area contributed by atoms with Crippen LogP contribution in [-0.2, 0) is 11.3 Å². The number of benzene rings is 1. The van der Waals surface area contributed by atoms with Gasteiger partial charge in [0.25, 0.3) is 5.56 Å². The second-order valence-electron chi connectivity index (χ2n) is 6.48. The molecule has 0 spiro atoms. The first-order valence-electron chi connectivity index (χ1n) is 8.68. The third kappa shape index (κ3) is 3.54. The Labute approximate surface area is 164 Å². The summed E-state index contributed by atoms with van der Waals surface area (Å²) in [5.41, 5.74) is 1.33. The third-order valence-corrected chi connectivity index (χ3v) is 5.89. The largest absolute Gasteiger partial charge is 0.350 e. The maximum atomic E-state index is 12.7. The van der Waals surface area contributed by atoms with Gasteiger partial charge in [0.2, 0.25) is 16.0 Å². The molecule has 140 valence electrons. The van der Waals surface area contributed by atoms with Crippen molar-refractivity contribution >= 4 is 38.9 Å². The number of carbonyl (C=O) groups is 1. The molecule has 1 aliphatic rings. The number of amides is 1. The topological polar surface area (TPSA) is 79.6 Å². The standard InChI is InChI=1S/C18H18ClN5O2S/c1-11-9-15(25)24-17(21-11)27-18(22-24)23-8-4-7-14(23)16(26)20-10-12-5-2-3-6-13(12)19/h2-3,5-6,9,14H,4,7-8,10H2,1H3,(H,20,26). The predicted octanol–water partition coefficient (Wildman–Crippen LogP) is 2.40. The van der Waals surface area contributed by atoms with E-state index in [2.05, 4.69) is 15.4 Å². The molecule has 0 aliphatic carbocycles. The lowest BCUT2D eigenvalue weighted by molar-refractivity contribution is -0.122. The van der Waals surface area contributed by atoms with E-state index >= 15 is 0 Å². The van der Waals surface area contributed by atoms with Gasteiger partial charge in [-0.25, -0.2) is 4.98 Å². The number of hydrogen-bond donors (Lipinski definition) is 1. The van der Waals surface area contributed by atoms with Crippen molar-refractivity contribution in [3.05, 3.63) is 57.0 Å². The monoisotopic (exact) mass is 403 g/mol. The number of aryl methyl sites for hydroxylation is 1. The molecule has 1 aromatic carbocycles. The molecule has 1 unspecified atom stereocenters. The average Bonchev–Trinajstić information content (AvgIpc) is 3.27. The van der Waals surface area contributed by atoms with E-state index in [1.54, 1.807) is 13.0 Å². The van der Waals surface area contributed by atoms with Gasteiger partial charge < -0.3 is 10.2 Å². The average molecular weight is 404 g/mol. The summed E-state index contributed by atoms with van der Waals surface area (Å²) in [4.78, 5) is 31.7. The molecule has 9 heteroatoms. The highest BCUT2D eigenvalue weighted by Crippen LogP contribution is 2.29. The van der Waals surface area contributed by atoms with Crippen LogP contribution in [-0.4, -0.2) is 33.1 Å². The van der Waals surface area contributed by atoms with E-state index in [-0.39, 0.29) is 17.5 Å². The van der Waals surface area contributed by atoms with E-state index in [9.17, 15) is 9.59 Å². The van der Waals surface area contributed by atoms with Crippen LogP contribution in [0, 0.1) is 6.92 Å². The summed E-state index contributed by atoms with van der Waals surface area (Å²) in [6, 6.07) is 8.58. The van der Waals surface area contributed by atoms with Crippen molar-refractivity contribution < 1.29 is 4.79 Å². The van der Waals surface area contributed by atoms with Crippen LogP contribution in [0.5, 0.6) is 0 Å². The zero-order valence-corrected chi connectivity index (χ0v) is 16.3. The summed E-state index contributed by atoms with van der Waals surface area (Å²) in [6.07, 6.45) is 1.63. The van der Waals surface area contributed by atoms with Crippen LogP contribution in [0.3, 0.4) is 0 Å².